The number of hydrogen-bond acceptors (Lipinski definition) is 3. The highest BCUT2D eigenvalue weighted by Gasteiger charge is 2.28. The van der Waals surface area contributed by atoms with E-state index in [1.165, 1.54) is 33.5 Å². The van der Waals surface area contributed by atoms with Gasteiger partial charge in [-0.25, -0.2) is 0 Å². The van der Waals surface area contributed by atoms with E-state index >= 15 is 0 Å². The Bertz CT molecular complexity index is 1120. The van der Waals surface area contributed by atoms with Gasteiger partial charge in [0.1, 0.15) is 11.5 Å². The van der Waals surface area contributed by atoms with E-state index in [1.54, 1.807) is 14.2 Å². The standard InChI is InChI=1S/C25H24N2O2/c1-28-19-12-10-17(11-13-19)16-27-25(18-6-3-4-7-18)22-15-14-20-21(24(22)26-27)8-5-9-23(20)29-2/h3-6,8-13H,7,14-16H2,1-2H3. The van der Waals surface area contributed by atoms with Crippen LogP contribution in [0.2, 0.25) is 0 Å². The molecule has 1 aromatic heterocycles. The van der Waals surface area contributed by atoms with E-state index in [9.17, 15) is 0 Å². The highest BCUT2D eigenvalue weighted by molar-refractivity contribution is 5.80. The average molecular weight is 384 g/mol. The Kier molecular flexibility index (Phi) is 4.47. The summed E-state index contributed by atoms with van der Waals surface area (Å²) in [7, 11) is 3.44. The molecule has 0 amide bonds. The molecule has 0 bridgehead atoms. The third-order valence-corrected chi connectivity index (χ3v) is 5.85. The normalized spacial score (nSPS) is 14.3. The Morgan fingerprint density at radius 3 is 2.52 bits per heavy atom. The second-order valence-corrected chi connectivity index (χ2v) is 7.49. The molecule has 4 heteroatoms. The highest BCUT2D eigenvalue weighted by Crippen LogP contribution is 2.41. The van der Waals surface area contributed by atoms with Gasteiger partial charge in [0, 0.05) is 16.7 Å². The molecule has 5 rings (SSSR count). The second kappa shape index (κ2) is 7.28. The summed E-state index contributed by atoms with van der Waals surface area (Å²) in [5.41, 5.74) is 8.75. The van der Waals surface area contributed by atoms with Crippen molar-refractivity contribution in [3.63, 3.8) is 0 Å². The lowest BCUT2D eigenvalue weighted by atomic mass is 9.87. The molecule has 0 radical (unpaired) electrons. The summed E-state index contributed by atoms with van der Waals surface area (Å²) >= 11 is 0. The zero-order valence-electron chi connectivity index (χ0n) is 16.8. The first-order valence-corrected chi connectivity index (χ1v) is 10.0. The van der Waals surface area contributed by atoms with Crippen molar-refractivity contribution in [1.82, 2.24) is 9.78 Å². The van der Waals surface area contributed by atoms with E-state index in [1.807, 2.05) is 18.2 Å². The fraction of sp³-hybridized carbons (Fsp3) is 0.240. The molecule has 2 aromatic carbocycles. The first-order valence-electron chi connectivity index (χ1n) is 10.0. The van der Waals surface area contributed by atoms with E-state index in [2.05, 4.69) is 47.2 Å². The number of nitrogens with zero attached hydrogens (tertiary/aromatic N) is 2. The van der Waals surface area contributed by atoms with Crippen molar-refractivity contribution in [3.8, 4) is 22.8 Å². The Morgan fingerprint density at radius 1 is 0.966 bits per heavy atom. The fourth-order valence-electron chi connectivity index (χ4n) is 4.44. The number of methoxy groups -OCH3 is 2. The van der Waals surface area contributed by atoms with Crippen molar-refractivity contribution in [2.24, 2.45) is 0 Å². The van der Waals surface area contributed by atoms with Crippen LogP contribution in [0.3, 0.4) is 0 Å². The largest absolute Gasteiger partial charge is 0.497 e. The third kappa shape index (κ3) is 3.05. The van der Waals surface area contributed by atoms with Crippen LogP contribution in [0, 0.1) is 0 Å². The van der Waals surface area contributed by atoms with Crippen molar-refractivity contribution in [2.45, 2.75) is 25.8 Å². The minimum absolute atomic E-state index is 0.739. The smallest absolute Gasteiger partial charge is 0.122 e. The molecule has 0 aliphatic heterocycles. The van der Waals surface area contributed by atoms with E-state index in [-0.39, 0.29) is 0 Å². The van der Waals surface area contributed by atoms with Crippen LogP contribution < -0.4 is 9.47 Å². The van der Waals surface area contributed by atoms with Gasteiger partial charge in [-0.05, 0) is 48.6 Å². The van der Waals surface area contributed by atoms with Gasteiger partial charge in [0.05, 0.1) is 32.2 Å². The topological polar surface area (TPSA) is 36.3 Å². The molecular formula is C25H24N2O2. The minimum Gasteiger partial charge on any atom is -0.497 e. The molecule has 2 aliphatic rings. The van der Waals surface area contributed by atoms with Gasteiger partial charge in [-0.2, -0.15) is 5.10 Å². The molecule has 0 saturated heterocycles. The zero-order valence-corrected chi connectivity index (χ0v) is 16.8. The summed E-state index contributed by atoms with van der Waals surface area (Å²) in [6, 6.07) is 14.5. The SMILES string of the molecule is COc1ccc(Cn2nc3c(c2C2=CC=CC2)CCc2c(OC)cccc2-3)cc1. The molecule has 0 atom stereocenters. The lowest BCUT2D eigenvalue weighted by Crippen LogP contribution is -2.08. The lowest BCUT2D eigenvalue weighted by molar-refractivity contribution is 0.409. The number of allylic oxidation sites excluding steroid dienone is 4. The number of rotatable bonds is 5. The van der Waals surface area contributed by atoms with E-state index in [0.29, 0.717) is 0 Å². The molecule has 0 saturated carbocycles. The maximum Gasteiger partial charge on any atom is 0.122 e. The number of benzene rings is 2. The van der Waals surface area contributed by atoms with Gasteiger partial charge in [-0.1, -0.05) is 42.5 Å². The Hall–Kier alpha value is -3.27. The average Bonchev–Trinajstić information content (AvgIpc) is 3.41. The van der Waals surface area contributed by atoms with E-state index in [0.717, 1.165) is 43.0 Å². The summed E-state index contributed by atoms with van der Waals surface area (Å²) in [4.78, 5) is 0. The van der Waals surface area contributed by atoms with Gasteiger partial charge in [-0.3, -0.25) is 4.68 Å². The van der Waals surface area contributed by atoms with Crippen LogP contribution in [0.25, 0.3) is 16.8 Å². The molecule has 0 N–H and O–H groups in total. The zero-order chi connectivity index (χ0) is 19.8. The van der Waals surface area contributed by atoms with Crippen LogP contribution in [-0.4, -0.2) is 24.0 Å². The molecule has 0 spiro atoms. The minimum atomic E-state index is 0.739. The van der Waals surface area contributed by atoms with E-state index in [4.69, 9.17) is 14.6 Å². The highest BCUT2D eigenvalue weighted by atomic mass is 16.5. The summed E-state index contributed by atoms with van der Waals surface area (Å²) in [5, 5.41) is 5.11. The van der Waals surface area contributed by atoms with Crippen LogP contribution >= 0.6 is 0 Å². The molecular weight excluding hydrogens is 360 g/mol. The maximum atomic E-state index is 5.61. The molecule has 1 heterocycles. The number of aromatic nitrogens is 2. The third-order valence-electron chi connectivity index (χ3n) is 5.85. The number of fused-ring (bicyclic) bond motifs is 3. The Morgan fingerprint density at radius 2 is 1.79 bits per heavy atom. The second-order valence-electron chi connectivity index (χ2n) is 7.49. The van der Waals surface area contributed by atoms with Gasteiger partial charge < -0.3 is 9.47 Å². The van der Waals surface area contributed by atoms with Crippen LogP contribution in [0.15, 0.2) is 60.7 Å². The van der Waals surface area contributed by atoms with Crippen LogP contribution in [-0.2, 0) is 19.4 Å². The summed E-state index contributed by atoms with van der Waals surface area (Å²) in [5.74, 6) is 1.83. The summed E-state index contributed by atoms with van der Waals surface area (Å²) in [6.45, 7) is 0.739. The Balaban J connectivity index is 1.62. The van der Waals surface area contributed by atoms with E-state index < -0.39 is 0 Å². The fourth-order valence-corrected chi connectivity index (χ4v) is 4.44. The van der Waals surface area contributed by atoms with Crippen molar-refractivity contribution in [3.05, 3.63) is 83.1 Å². The predicted molar refractivity (Wildman–Crippen MR) is 115 cm³/mol. The summed E-state index contributed by atoms with van der Waals surface area (Å²) < 4.78 is 13.1. The maximum absolute atomic E-state index is 5.61. The van der Waals surface area contributed by atoms with Crippen LogP contribution in [0.4, 0.5) is 0 Å². The van der Waals surface area contributed by atoms with Crippen molar-refractivity contribution in [1.29, 1.82) is 0 Å². The molecule has 146 valence electrons. The van der Waals surface area contributed by atoms with Gasteiger partial charge in [0.15, 0.2) is 0 Å². The predicted octanol–water partition coefficient (Wildman–Crippen LogP) is 5.06. The quantitative estimate of drug-likeness (QED) is 0.617. The molecule has 4 nitrogen and oxygen atoms in total. The number of hydrogen-bond donors (Lipinski definition) is 0. The van der Waals surface area contributed by atoms with Gasteiger partial charge >= 0.3 is 0 Å². The number of ether oxygens (including phenoxy) is 2. The molecule has 0 unspecified atom stereocenters. The summed E-state index contributed by atoms with van der Waals surface area (Å²) in [6.07, 6.45) is 9.51. The van der Waals surface area contributed by atoms with Crippen molar-refractivity contribution < 1.29 is 9.47 Å². The van der Waals surface area contributed by atoms with Gasteiger partial charge in [-0.15, -0.1) is 0 Å². The van der Waals surface area contributed by atoms with Gasteiger partial charge in [0.2, 0.25) is 0 Å². The molecule has 2 aliphatic carbocycles. The Labute approximate surface area is 171 Å². The van der Waals surface area contributed by atoms with Gasteiger partial charge in [0.25, 0.3) is 0 Å². The molecule has 0 fully saturated rings. The van der Waals surface area contributed by atoms with Crippen molar-refractivity contribution >= 4 is 5.57 Å². The van der Waals surface area contributed by atoms with Crippen molar-refractivity contribution in [2.75, 3.05) is 14.2 Å². The first-order chi connectivity index (χ1) is 14.3. The lowest BCUT2D eigenvalue weighted by Gasteiger charge is -2.19. The first kappa shape index (κ1) is 17.8. The van der Waals surface area contributed by atoms with Crippen LogP contribution in [0.1, 0.15) is 28.8 Å². The van der Waals surface area contributed by atoms with Crippen LogP contribution in [0.5, 0.6) is 11.5 Å². The monoisotopic (exact) mass is 384 g/mol. The molecule has 3 aromatic rings. The molecule has 29 heavy (non-hydrogen) atoms.